The molecule has 2 aromatic heterocycles. The average molecular weight is 386 g/mol. The molecule has 0 unspecified atom stereocenters. The molecule has 1 atom stereocenters. The number of nitrogens with zero attached hydrogens (tertiary/aromatic N) is 4. The highest BCUT2D eigenvalue weighted by molar-refractivity contribution is 5.79. The molecule has 3 aromatic rings. The summed E-state index contributed by atoms with van der Waals surface area (Å²) in [5.41, 5.74) is 4.45. The largest absolute Gasteiger partial charge is 0.344 e. The van der Waals surface area contributed by atoms with Crippen molar-refractivity contribution in [3.05, 3.63) is 84.4 Å². The van der Waals surface area contributed by atoms with Crippen LogP contribution in [0, 0.1) is 5.92 Å². The zero-order chi connectivity index (χ0) is 20.1. The fraction of sp³-hybridized carbons (Fsp3) is 0.292. The summed E-state index contributed by atoms with van der Waals surface area (Å²) in [6, 6.07) is 18.4. The third-order valence-electron chi connectivity index (χ3n) is 5.47. The number of aromatic nitrogens is 2. The first-order chi connectivity index (χ1) is 14.2. The number of benzene rings is 1. The summed E-state index contributed by atoms with van der Waals surface area (Å²) in [6.07, 6.45) is 6.21. The number of carbonyl (C=O) groups is 1. The molecule has 1 aliphatic rings. The molecular weight excluding hydrogens is 360 g/mol. The van der Waals surface area contributed by atoms with E-state index in [0.29, 0.717) is 0 Å². The van der Waals surface area contributed by atoms with Gasteiger partial charge in [0, 0.05) is 51.8 Å². The maximum absolute atomic E-state index is 13.0. The fourth-order valence-corrected chi connectivity index (χ4v) is 3.91. The van der Waals surface area contributed by atoms with Gasteiger partial charge in [-0.05, 0) is 41.3 Å². The van der Waals surface area contributed by atoms with Crippen LogP contribution >= 0.6 is 0 Å². The van der Waals surface area contributed by atoms with Crippen LogP contribution in [0.3, 0.4) is 0 Å². The number of likely N-dealkylation sites (N-methyl/N-ethyl adjacent to an activating group) is 1. The summed E-state index contributed by atoms with van der Waals surface area (Å²) < 4.78 is 0. The van der Waals surface area contributed by atoms with Crippen LogP contribution in [0.15, 0.2) is 73.2 Å². The van der Waals surface area contributed by atoms with E-state index in [0.717, 1.165) is 49.4 Å². The molecule has 1 amide bonds. The van der Waals surface area contributed by atoms with Gasteiger partial charge in [-0.3, -0.25) is 19.7 Å². The molecule has 1 aromatic carbocycles. The van der Waals surface area contributed by atoms with E-state index >= 15 is 0 Å². The lowest BCUT2D eigenvalue weighted by atomic mass is 9.95. The van der Waals surface area contributed by atoms with Crippen molar-refractivity contribution in [3.8, 4) is 11.1 Å². The average Bonchev–Trinajstić information content (AvgIpc) is 2.89. The molecule has 5 heteroatoms. The normalized spacial score (nSPS) is 17.9. The molecule has 4 rings (SSSR count). The van der Waals surface area contributed by atoms with Gasteiger partial charge < -0.3 is 4.90 Å². The van der Waals surface area contributed by atoms with Gasteiger partial charge in [-0.1, -0.05) is 36.4 Å². The van der Waals surface area contributed by atoms with E-state index in [9.17, 15) is 4.79 Å². The minimum Gasteiger partial charge on any atom is -0.344 e. The molecule has 3 heterocycles. The van der Waals surface area contributed by atoms with Gasteiger partial charge in [0.2, 0.25) is 5.91 Å². The van der Waals surface area contributed by atoms with Crippen molar-refractivity contribution in [1.29, 1.82) is 0 Å². The number of pyridine rings is 2. The van der Waals surface area contributed by atoms with Crippen LogP contribution in [-0.4, -0.2) is 52.4 Å². The van der Waals surface area contributed by atoms with Crippen LogP contribution in [0.1, 0.15) is 11.3 Å². The lowest BCUT2D eigenvalue weighted by molar-refractivity contribution is -0.133. The molecule has 29 heavy (non-hydrogen) atoms. The van der Waals surface area contributed by atoms with Gasteiger partial charge in [0.1, 0.15) is 0 Å². The maximum Gasteiger partial charge on any atom is 0.227 e. The van der Waals surface area contributed by atoms with Crippen LogP contribution in [-0.2, 0) is 17.8 Å². The topological polar surface area (TPSA) is 49.3 Å². The summed E-state index contributed by atoms with van der Waals surface area (Å²) in [7, 11) is 1.91. The van der Waals surface area contributed by atoms with Crippen LogP contribution < -0.4 is 0 Å². The van der Waals surface area contributed by atoms with Crippen molar-refractivity contribution in [2.24, 2.45) is 5.92 Å². The van der Waals surface area contributed by atoms with E-state index in [2.05, 4.69) is 45.2 Å². The van der Waals surface area contributed by atoms with E-state index in [1.54, 1.807) is 6.20 Å². The quantitative estimate of drug-likeness (QED) is 0.675. The Labute approximate surface area is 172 Å². The summed E-state index contributed by atoms with van der Waals surface area (Å²) in [6.45, 7) is 3.13. The molecule has 5 nitrogen and oxygen atoms in total. The van der Waals surface area contributed by atoms with Crippen molar-refractivity contribution in [2.75, 3.05) is 26.7 Å². The second-order valence-electron chi connectivity index (χ2n) is 7.66. The Morgan fingerprint density at radius 2 is 1.90 bits per heavy atom. The summed E-state index contributed by atoms with van der Waals surface area (Å²) in [5, 5.41) is 0. The van der Waals surface area contributed by atoms with Crippen LogP contribution in [0.25, 0.3) is 11.1 Å². The molecule has 0 aliphatic carbocycles. The number of hydrogen-bond donors (Lipinski definition) is 0. The fourth-order valence-electron chi connectivity index (χ4n) is 3.91. The predicted octanol–water partition coefficient (Wildman–Crippen LogP) is 3.28. The monoisotopic (exact) mass is 386 g/mol. The van der Waals surface area contributed by atoms with E-state index in [1.165, 1.54) is 5.56 Å². The predicted molar refractivity (Wildman–Crippen MR) is 114 cm³/mol. The van der Waals surface area contributed by atoms with Gasteiger partial charge in [-0.2, -0.15) is 0 Å². The van der Waals surface area contributed by atoms with Crippen molar-refractivity contribution in [2.45, 2.75) is 13.0 Å². The summed E-state index contributed by atoms with van der Waals surface area (Å²) in [5.74, 6) is 0.163. The molecule has 0 saturated carbocycles. The van der Waals surface area contributed by atoms with E-state index in [4.69, 9.17) is 0 Å². The van der Waals surface area contributed by atoms with E-state index < -0.39 is 0 Å². The smallest absolute Gasteiger partial charge is 0.227 e. The molecule has 1 aliphatic heterocycles. The third-order valence-corrected chi connectivity index (χ3v) is 5.47. The van der Waals surface area contributed by atoms with Crippen molar-refractivity contribution < 1.29 is 4.79 Å². The first kappa shape index (κ1) is 19.3. The Morgan fingerprint density at radius 1 is 1.00 bits per heavy atom. The Morgan fingerprint density at radius 3 is 2.69 bits per heavy atom. The number of amides is 1. The third kappa shape index (κ3) is 4.87. The zero-order valence-electron chi connectivity index (χ0n) is 16.7. The zero-order valence-corrected chi connectivity index (χ0v) is 16.7. The van der Waals surface area contributed by atoms with Gasteiger partial charge in [0.05, 0.1) is 11.6 Å². The Balaban J connectivity index is 1.52. The number of hydrogen-bond acceptors (Lipinski definition) is 4. The molecule has 0 N–H and O–H groups in total. The highest BCUT2D eigenvalue weighted by atomic mass is 16.2. The Kier molecular flexibility index (Phi) is 5.96. The standard InChI is InChI=1S/C24H26N4O/c1-27-12-13-28(18-23-9-2-3-11-26-23)17-22(24(27)29)15-19-6-4-7-20(14-19)21-8-5-10-25-16-21/h2-11,14,16,22H,12-13,15,17-18H2,1H3/t22-/m1/s1. The van der Waals surface area contributed by atoms with Crippen molar-refractivity contribution in [3.63, 3.8) is 0 Å². The maximum atomic E-state index is 13.0. The van der Waals surface area contributed by atoms with E-state index in [-0.39, 0.29) is 11.8 Å². The van der Waals surface area contributed by atoms with Crippen LogP contribution in [0.5, 0.6) is 0 Å². The summed E-state index contributed by atoms with van der Waals surface area (Å²) >= 11 is 0. The van der Waals surface area contributed by atoms with Crippen molar-refractivity contribution in [1.82, 2.24) is 19.8 Å². The Bertz CT molecular complexity index is 945. The molecule has 1 fully saturated rings. The molecule has 0 bridgehead atoms. The van der Waals surface area contributed by atoms with Gasteiger partial charge in [-0.25, -0.2) is 0 Å². The van der Waals surface area contributed by atoms with Gasteiger partial charge in [0.25, 0.3) is 0 Å². The van der Waals surface area contributed by atoms with Crippen LogP contribution in [0.4, 0.5) is 0 Å². The first-order valence-corrected chi connectivity index (χ1v) is 10.1. The lowest BCUT2D eigenvalue weighted by Gasteiger charge is -2.23. The molecule has 0 spiro atoms. The van der Waals surface area contributed by atoms with E-state index in [1.807, 2.05) is 48.6 Å². The molecule has 1 saturated heterocycles. The second kappa shape index (κ2) is 8.97. The summed E-state index contributed by atoms with van der Waals surface area (Å²) in [4.78, 5) is 25.9. The first-order valence-electron chi connectivity index (χ1n) is 10.1. The Hall–Kier alpha value is -3.05. The van der Waals surface area contributed by atoms with Crippen LogP contribution in [0.2, 0.25) is 0 Å². The second-order valence-corrected chi connectivity index (χ2v) is 7.66. The highest BCUT2D eigenvalue weighted by Gasteiger charge is 2.28. The van der Waals surface area contributed by atoms with Crippen molar-refractivity contribution >= 4 is 5.91 Å². The van der Waals surface area contributed by atoms with Gasteiger partial charge in [-0.15, -0.1) is 0 Å². The molecule has 0 radical (unpaired) electrons. The number of carbonyl (C=O) groups excluding carboxylic acids is 1. The minimum atomic E-state index is -0.0599. The lowest BCUT2D eigenvalue weighted by Crippen LogP contribution is -2.34. The highest BCUT2D eigenvalue weighted by Crippen LogP contribution is 2.23. The van der Waals surface area contributed by atoms with Gasteiger partial charge >= 0.3 is 0 Å². The molecule has 148 valence electrons. The minimum absolute atomic E-state index is 0.0599. The number of rotatable bonds is 5. The SMILES string of the molecule is CN1CCN(Cc2ccccn2)C[C@@H](Cc2cccc(-c3cccnc3)c2)C1=O. The molecular formula is C24H26N4O. The van der Waals surface area contributed by atoms with Gasteiger partial charge in [0.15, 0.2) is 0 Å².